The summed E-state index contributed by atoms with van der Waals surface area (Å²) in [6.45, 7) is 2.89. The van der Waals surface area contributed by atoms with Gasteiger partial charge in [0.25, 0.3) is 0 Å². The molecule has 0 unspecified atom stereocenters. The lowest BCUT2D eigenvalue weighted by Crippen LogP contribution is -2.36. The number of nitrogens with zero attached hydrogens (tertiary/aromatic N) is 3. The van der Waals surface area contributed by atoms with Crippen LogP contribution in [0.1, 0.15) is 49.8 Å². The number of furan rings is 1. The minimum absolute atomic E-state index is 0.275. The van der Waals surface area contributed by atoms with Gasteiger partial charge in [-0.25, -0.2) is 9.97 Å². The van der Waals surface area contributed by atoms with Gasteiger partial charge in [0, 0.05) is 25.2 Å². The molecule has 22 heavy (non-hydrogen) atoms. The van der Waals surface area contributed by atoms with E-state index in [0.717, 1.165) is 31.0 Å². The van der Waals surface area contributed by atoms with E-state index in [1.165, 1.54) is 12.8 Å². The predicted molar refractivity (Wildman–Crippen MR) is 84.7 cm³/mol. The molecule has 5 nitrogen and oxygen atoms in total. The highest BCUT2D eigenvalue weighted by Crippen LogP contribution is 2.29. The number of aryl methyl sites for hydroxylation is 1. The summed E-state index contributed by atoms with van der Waals surface area (Å²) >= 11 is 0. The smallest absolute Gasteiger partial charge is 0.132 e. The van der Waals surface area contributed by atoms with Crippen molar-refractivity contribution >= 4 is 5.82 Å². The van der Waals surface area contributed by atoms with Gasteiger partial charge in [0.1, 0.15) is 23.5 Å². The van der Waals surface area contributed by atoms with E-state index < -0.39 is 6.10 Å². The molecule has 2 aromatic rings. The third kappa shape index (κ3) is 3.47. The first-order chi connectivity index (χ1) is 10.7. The van der Waals surface area contributed by atoms with E-state index >= 15 is 0 Å². The van der Waals surface area contributed by atoms with Crippen LogP contribution in [0.5, 0.6) is 0 Å². The van der Waals surface area contributed by atoms with Crippen molar-refractivity contribution in [3.8, 4) is 0 Å². The summed E-state index contributed by atoms with van der Waals surface area (Å²) in [5.74, 6) is 2.39. The Bertz CT molecular complexity index is 585. The van der Waals surface area contributed by atoms with Crippen molar-refractivity contribution in [3.05, 3.63) is 42.2 Å². The summed E-state index contributed by atoms with van der Waals surface area (Å²) in [5.41, 5.74) is 0. The minimum atomic E-state index is -0.566. The van der Waals surface area contributed by atoms with Crippen molar-refractivity contribution in [2.24, 2.45) is 0 Å². The lowest BCUT2D eigenvalue weighted by molar-refractivity contribution is 0.129. The third-order valence-electron chi connectivity index (χ3n) is 4.30. The first kappa shape index (κ1) is 15.0. The molecule has 1 fully saturated rings. The van der Waals surface area contributed by atoms with Gasteiger partial charge in [-0.15, -0.1) is 0 Å². The van der Waals surface area contributed by atoms with E-state index in [1.807, 2.05) is 31.3 Å². The fourth-order valence-corrected chi connectivity index (χ4v) is 3.18. The summed E-state index contributed by atoms with van der Waals surface area (Å²) in [7, 11) is 0. The Morgan fingerprint density at radius 2 is 2.27 bits per heavy atom. The monoisotopic (exact) mass is 301 g/mol. The van der Waals surface area contributed by atoms with Crippen LogP contribution in [0.15, 0.2) is 35.1 Å². The third-order valence-corrected chi connectivity index (χ3v) is 4.30. The summed E-state index contributed by atoms with van der Waals surface area (Å²) in [4.78, 5) is 11.1. The van der Waals surface area contributed by atoms with Crippen LogP contribution in [-0.2, 0) is 0 Å². The van der Waals surface area contributed by atoms with Gasteiger partial charge in [0.2, 0.25) is 0 Å². The normalized spacial score (nSPS) is 20.6. The molecule has 0 radical (unpaired) electrons. The van der Waals surface area contributed by atoms with Crippen LogP contribution in [0.2, 0.25) is 0 Å². The Hall–Kier alpha value is -1.88. The lowest BCUT2D eigenvalue weighted by atomic mass is 10.0. The molecule has 1 N–H and O–H groups in total. The van der Waals surface area contributed by atoms with E-state index in [-0.39, 0.29) is 6.04 Å². The van der Waals surface area contributed by atoms with Crippen molar-refractivity contribution in [3.63, 3.8) is 0 Å². The van der Waals surface area contributed by atoms with Crippen molar-refractivity contribution in [2.45, 2.75) is 51.2 Å². The molecule has 5 heteroatoms. The highest BCUT2D eigenvalue weighted by Gasteiger charge is 2.26. The highest BCUT2D eigenvalue weighted by atomic mass is 16.4. The Kier molecular flexibility index (Phi) is 4.73. The highest BCUT2D eigenvalue weighted by molar-refractivity contribution is 5.39. The maximum absolute atomic E-state index is 10.4. The van der Waals surface area contributed by atoms with E-state index in [1.54, 1.807) is 6.26 Å². The number of anilines is 1. The molecular formula is C17H23N3O2. The van der Waals surface area contributed by atoms with Gasteiger partial charge >= 0.3 is 0 Å². The predicted octanol–water partition coefficient (Wildman–Crippen LogP) is 3.25. The second kappa shape index (κ2) is 6.92. The zero-order valence-corrected chi connectivity index (χ0v) is 13.0. The number of hydrogen-bond donors (Lipinski definition) is 1. The molecular weight excluding hydrogens is 278 g/mol. The van der Waals surface area contributed by atoms with Gasteiger partial charge in [-0.1, -0.05) is 12.8 Å². The Morgan fingerprint density at radius 3 is 3.05 bits per heavy atom. The van der Waals surface area contributed by atoms with Crippen LogP contribution in [-0.4, -0.2) is 27.7 Å². The van der Waals surface area contributed by atoms with E-state index in [4.69, 9.17) is 4.42 Å². The molecule has 1 saturated heterocycles. The van der Waals surface area contributed by atoms with Crippen molar-refractivity contribution in [1.29, 1.82) is 0 Å². The quantitative estimate of drug-likeness (QED) is 0.939. The molecule has 3 heterocycles. The van der Waals surface area contributed by atoms with Crippen molar-refractivity contribution in [1.82, 2.24) is 9.97 Å². The molecule has 1 aliphatic rings. The second-order valence-electron chi connectivity index (χ2n) is 5.93. The molecule has 2 atom stereocenters. The SMILES string of the molecule is Cc1nccc(N2CCCCC[C@H]2C[C@@H](O)c2ccco2)n1. The summed E-state index contributed by atoms with van der Waals surface area (Å²) < 4.78 is 5.33. The first-order valence-corrected chi connectivity index (χ1v) is 8.02. The lowest BCUT2D eigenvalue weighted by Gasteiger charge is -2.32. The molecule has 0 spiro atoms. The van der Waals surface area contributed by atoms with Crippen LogP contribution in [0.25, 0.3) is 0 Å². The zero-order chi connectivity index (χ0) is 15.4. The van der Waals surface area contributed by atoms with Crippen LogP contribution in [0.3, 0.4) is 0 Å². The fourth-order valence-electron chi connectivity index (χ4n) is 3.18. The molecule has 0 amide bonds. The summed E-state index contributed by atoms with van der Waals surface area (Å²) in [5, 5.41) is 10.4. The Morgan fingerprint density at radius 1 is 1.36 bits per heavy atom. The Balaban J connectivity index is 1.79. The van der Waals surface area contributed by atoms with Gasteiger partial charge < -0.3 is 14.4 Å². The average Bonchev–Trinajstić information content (AvgIpc) is 2.95. The standard InChI is InChI=1S/C17H23N3O2/c1-13-18-9-8-17(19-13)20-10-4-2-3-6-14(20)12-15(21)16-7-5-11-22-16/h5,7-9,11,14-15,21H,2-4,6,10,12H2,1H3/t14-,15+/m0/s1. The molecule has 1 aliphatic heterocycles. The van der Waals surface area contributed by atoms with Crippen LogP contribution >= 0.6 is 0 Å². The first-order valence-electron chi connectivity index (χ1n) is 8.02. The maximum Gasteiger partial charge on any atom is 0.132 e. The molecule has 3 rings (SSSR count). The molecule has 0 aliphatic carbocycles. The van der Waals surface area contributed by atoms with Crippen LogP contribution < -0.4 is 4.90 Å². The average molecular weight is 301 g/mol. The van der Waals surface area contributed by atoms with Crippen LogP contribution in [0, 0.1) is 6.92 Å². The minimum Gasteiger partial charge on any atom is -0.467 e. The number of aliphatic hydroxyl groups is 1. The van der Waals surface area contributed by atoms with Gasteiger partial charge in [0.05, 0.1) is 6.26 Å². The maximum atomic E-state index is 10.4. The fraction of sp³-hybridized carbons (Fsp3) is 0.529. The number of aromatic nitrogens is 2. The molecule has 0 saturated carbocycles. The van der Waals surface area contributed by atoms with Gasteiger partial charge in [0.15, 0.2) is 0 Å². The number of hydrogen-bond acceptors (Lipinski definition) is 5. The largest absolute Gasteiger partial charge is 0.467 e. The number of aliphatic hydroxyl groups excluding tert-OH is 1. The topological polar surface area (TPSA) is 62.4 Å². The molecule has 0 aromatic carbocycles. The summed E-state index contributed by atoms with van der Waals surface area (Å²) in [6.07, 6.45) is 8.17. The van der Waals surface area contributed by atoms with Crippen molar-refractivity contribution in [2.75, 3.05) is 11.4 Å². The second-order valence-corrected chi connectivity index (χ2v) is 5.93. The van der Waals surface area contributed by atoms with Crippen LogP contribution in [0.4, 0.5) is 5.82 Å². The molecule has 118 valence electrons. The molecule has 0 bridgehead atoms. The van der Waals surface area contributed by atoms with Gasteiger partial charge in [-0.05, 0) is 38.0 Å². The Labute approximate surface area is 131 Å². The number of rotatable bonds is 4. The zero-order valence-electron chi connectivity index (χ0n) is 13.0. The van der Waals surface area contributed by atoms with Crippen molar-refractivity contribution < 1.29 is 9.52 Å². The van der Waals surface area contributed by atoms with Gasteiger partial charge in [-0.3, -0.25) is 0 Å². The van der Waals surface area contributed by atoms with E-state index in [2.05, 4.69) is 14.9 Å². The molecule has 2 aromatic heterocycles. The van der Waals surface area contributed by atoms with E-state index in [9.17, 15) is 5.11 Å². The van der Waals surface area contributed by atoms with Gasteiger partial charge in [-0.2, -0.15) is 0 Å². The van der Waals surface area contributed by atoms with E-state index in [0.29, 0.717) is 12.2 Å². The summed E-state index contributed by atoms with van der Waals surface area (Å²) in [6, 6.07) is 5.89.